The Kier molecular flexibility index (Phi) is 5.57. The van der Waals surface area contributed by atoms with E-state index in [1.165, 1.54) is 83.5 Å². The first kappa shape index (κ1) is 14.4. The van der Waals surface area contributed by atoms with Crippen molar-refractivity contribution in [2.24, 2.45) is 17.3 Å². The smallest absolute Gasteiger partial charge is 0.0272 e. The van der Waals surface area contributed by atoms with Gasteiger partial charge in [0.25, 0.3) is 0 Å². The van der Waals surface area contributed by atoms with Crippen molar-refractivity contribution < 1.29 is 0 Å². The van der Waals surface area contributed by atoms with Gasteiger partial charge in [0.15, 0.2) is 0 Å². The molecule has 0 saturated heterocycles. The largest absolute Gasteiger partial charge is 0.0620 e. The molecule has 0 spiro atoms. The summed E-state index contributed by atoms with van der Waals surface area (Å²) in [6, 6.07) is 0. The lowest BCUT2D eigenvalue weighted by atomic mass is 9.60. The van der Waals surface area contributed by atoms with Crippen LogP contribution in [0, 0.1) is 17.3 Å². The van der Waals surface area contributed by atoms with Crippen molar-refractivity contribution in [1.29, 1.82) is 0 Å². The van der Waals surface area contributed by atoms with Crippen molar-refractivity contribution >= 4 is 0 Å². The number of hydrogen-bond acceptors (Lipinski definition) is 0. The van der Waals surface area contributed by atoms with Gasteiger partial charge in [0.2, 0.25) is 0 Å². The molecule has 2 aliphatic carbocycles. The fraction of sp³-hybridized carbons (Fsp3) is 1.00. The lowest BCUT2D eigenvalue weighted by Crippen LogP contribution is -2.35. The quantitative estimate of drug-likeness (QED) is 0.509. The van der Waals surface area contributed by atoms with Crippen LogP contribution in [0.4, 0.5) is 0 Å². The van der Waals surface area contributed by atoms with E-state index in [0.29, 0.717) is 5.41 Å². The Morgan fingerprint density at radius 3 is 1.83 bits per heavy atom. The van der Waals surface area contributed by atoms with Crippen LogP contribution in [-0.4, -0.2) is 0 Å². The van der Waals surface area contributed by atoms with Crippen LogP contribution < -0.4 is 0 Å². The van der Waals surface area contributed by atoms with Crippen molar-refractivity contribution in [1.82, 2.24) is 0 Å². The lowest BCUT2D eigenvalue weighted by molar-refractivity contribution is 0.0532. The molecule has 0 aliphatic heterocycles. The van der Waals surface area contributed by atoms with E-state index in [0.717, 1.165) is 11.8 Å². The summed E-state index contributed by atoms with van der Waals surface area (Å²) in [7, 11) is 0. The van der Waals surface area contributed by atoms with E-state index in [4.69, 9.17) is 0 Å². The van der Waals surface area contributed by atoms with E-state index in [9.17, 15) is 0 Å². The molecule has 106 valence electrons. The van der Waals surface area contributed by atoms with E-state index in [2.05, 4.69) is 13.8 Å². The predicted octanol–water partition coefficient (Wildman–Crippen LogP) is 6.34. The van der Waals surface area contributed by atoms with Gasteiger partial charge in [-0.3, -0.25) is 0 Å². The van der Waals surface area contributed by atoms with E-state index >= 15 is 0 Å². The molecule has 0 aromatic carbocycles. The van der Waals surface area contributed by atoms with Crippen LogP contribution in [0.3, 0.4) is 0 Å². The maximum atomic E-state index is 2.65. The number of rotatable bonds is 1. The standard InChI is InChI=1S/C18H34/c1-16-12-8-6-7-11-15-18(16,2)17-13-9-4-3-5-10-14-17/h16-17H,3-15H2,1-2H3. The fourth-order valence-corrected chi connectivity index (χ4v) is 4.61. The van der Waals surface area contributed by atoms with Gasteiger partial charge in [-0.05, 0) is 36.5 Å². The van der Waals surface area contributed by atoms with Crippen molar-refractivity contribution in [2.75, 3.05) is 0 Å². The van der Waals surface area contributed by atoms with Crippen LogP contribution in [-0.2, 0) is 0 Å². The molecule has 18 heavy (non-hydrogen) atoms. The Balaban J connectivity index is 2.03. The Morgan fingerprint density at radius 1 is 0.667 bits per heavy atom. The van der Waals surface area contributed by atoms with Gasteiger partial charge in [0.1, 0.15) is 0 Å². The van der Waals surface area contributed by atoms with Crippen molar-refractivity contribution in [3.63, 3.8) is 0 Å². The minimum atomic E-state index is 0.664. The van der Waals surface area contributed by atoms with Gasteiger partial charge >= 0.3 is 0 Å². The molecule has 2 rings (SSSR count). The Labute approximate surface area is 115 Å². The first-order valence-corrected chi connectivity index (χ1v) is 8.73. The van der Waals surface area contributed by atoms with Gasteiger partial charge in [-0.2, -0.15) is 0 Å². The molecular weight excluding hydrogens is 216 g/mol. The second kappa shape index (κ2) is 6.96. The second-order valence-corrected chi connectivity index (χ2v) is 7.40. The molecule has 2 saturated carbocycles. The molecule has 2 aliphatic rings. The highest BCUT2D eigenvalue weighted by Crippen LogP contribution is 2.48. The van der Waals surface area contributed by atoms with Gasteiger partial charge in [-0.15, -0.1) is 0 Å². The summed E-state index contributed by atoms with van der Waals surface area (Å²) in [5.41, 5.74) is 0.664. The molecule has 0 aromatic rings. The Bertz CT molecular complexity index is 224. The zero-order valence-electron chi connectivity index (χ0n) is 12.8. The SMILES string of the molecule is CC1CCCCCCC1(C)C1CCCCCCC1. The van der Waals surface area contributed by atoms with Crippen LogP contribution in [0.25, 0.3) is 0 Å². The molecule has 0 heterocycles. The Hall–Kier alpha value is 0. The molecule has 0 radical (unpaired) electrons. The van der Waals surface area contributed by atoms with E-state index in [1.54, 1.807) is 0 Å². The summed E-state index contributed by atoms with van der Waals surface area (Å²) in [6.45, 7) is 5.21. The van der Waals surface area contributed by atoms with E-state index in [1.807, 2.05) is 0 Å². The monoisotopic (exact) mass is 250 g/mol. The molecule has 0 amide bonds. The zero-order valence-corrected chi connectivity index (χ0v) is 12.8. The molecule has 2 unspecified atom stereocenters. The summed E-state index contributed by atoms with van der Waals surface area (Å²) in [5.74, 6) is 1.99. The Morgan fingerprint density at radius 2 is 1.17 bits per heavy atom. The van der Waals surface area contributed by atoms with Gasteiger partial charge in [0.05, 0.1) is 0 Å². The average molecular weight is 250 g/mol. The van der Waals surface area contributed by atoms with Gasteiger partial charge in [0, 0.05) is 0 Å². The predicted molar refractivity (Wildman–Crippen MR) is 80.8 cm³/mol. The third-order valence-corrected chi connectivity index (χ3v) is 6.27. The first-order chi connectivity index (χ1) is 8.73. The molecule has 0 aromatic heterocycles. The zero-order chi connectivity index (χ0) is 12.8. The lowest BCUT2D eigenvalue weighted by Gasteiger charge is -2.45. The topological polar surface area (TPSA) is 0 Å². The van der Waals surface area contributed by atoms with Crippen LogP contribution in [0.1, 0.15) is 97.3 Å². The van der Waals surface area contributed by atoms with Crippen molar-refractivity contribution in [3.8, 4) is 0 Å². The molecule has 0 bridgehead atoms. The maximum Gasteiger partial charge on any atom is -0.0272 e. The summed E-state index contributed by atoms with van der Waals surface area (Å²) < 4.78 is 0. The minimum absolute atomic E-state index is 0.664. The highest BCUT2D eigenvalue weighted by atomic mass is 14.4. The van der Waals surface area contributed by atoms with Gasteiger partial charge in [-0.1, -0.05) is 78.1 Å². The summed E-state index contributed by atoms with van der Waals surface area (Å²) in [6.07, 6.45) is 19.6. The summed E-state index contributed by atoms with van der Waals surface area (Å²) >= 11 is 0. The highest BCUT2D eigenvalue weighted by molar-refractivity contribution is 4.88. The summed E-state index contributed by atoms with van der Waals surface area (Å²) in [5, 5.41) is 0. The average Bonchev–Trinajstić information content (AvgIpc) is 2.30. The summed E-state index contributed by atoms with van der Waals surface area (Å²) in [4.78, 5) is 0. The van der Waals surface area contributed by atoms with Crippen LogP contribution in [0.2, 0.25) is 0 Å². The molecule has 0 N–H and O–H groups in total. The van der Waals surface area contributed by atoms with Crippen LogP contribution in [0.15, 0.2) is 0 Å². The highest BCUT2D eigenvalue weighted by Gasteiger charge is 2.38. The molecular formula is C18H34. The maximum absolute atomic E-state index is 2.65. The van der Waals surface area contributed by atoms with E-state index in [-0.39, 0.29) is 0 Å². The third-order valence-electron chi connectivity index (χ3n) is 6.27. The third kappa shape index (κ3) is 3.52. The van der Waals surface area contributed by atoms with Gasteiger partial charge < -0.3 is 0 Å². The molecule has 0 heteroatoms. The fourth-order valence-electron chi connectivity index (χ4n) is 4.61. The van der Waals surface area contributed by atoms with Crippen molar-refractivity contribution in [2.45, 2.75) is 97.3 Å². The minimum Gasteiger partial charge on any atom is -0.0620 e. The number of hydrogen-bond donors (Lipinski definition) is 0. The van der Waals surface area contributed by atoms with Gasteiger partial charge in [-0.25, -0.2) is 0 Å². The van der Waals surface area contributed by atoms with Crippen LogP contribution in [0.5, 0.6) is 0 Å². The van der Waals surface area contributed by atoms with Crippen LogP contribution >= 0.6 is 0 Å². The first-order valence-electron chi connectivity index (χ1n) is 8.73. The molecule has 2 fully saturated rings. The second-order valence-electron chi connectivity index (χ2n) is 7.40. The normalized spacial score (nSPS) is 37.3. The molecule has 2 atom stereocenters. The van der Waals surface area contributed by atoms with E-state index < -0.39 is 0 Å². The molecule has 0 nitrogen and oxygen atoms in total. The van der Waals surface area contributed by atoms with Crippen molar-refractivity contribution in [3.05, 3.63) is 0 Å².